The lowest BCUT2D eigenvalue weighted by Crippen LogP contribution is -2.47. The molecule has 2 aromatic carbocycles. The van der Waals surface area contributed by atoms with Gasteiger partial charge in [0, 0.05) is 36.0 Å². The van der Waals surface area contributed by atoms with Crippen LogP contribution in [-0.4, -0.2) is 47.4 Å². The van der Waals surface area contributed by atoms with Crippen LogP contribution in [0.3, 0.4) is 0 Å². The number of hydrogen-bond acceptors (Lipinski definition) is 4. The molecule has 1 saturated heterocycles. The molecule has 2 N–H and O–H groups in total. The molecule has 2 aliphatic rings. The number of aromatic amines is 1. The zero-order valence-electron chi connectivity index (χ0n) is 18.7. The predicted molar refractivity (Wildman–Crippen MR) is 128 cm³/mol. The van der Waals surface area contributed by atoms with Crippen molar-refractivity contribution in [3.8, 4) is 0 Å². The molecule has 0 saturated carbocycles. The molecule has 0 aliphatic carbocycles. The molecule has 0 spiro atoms. The van der Waals surface area contributed by atoms with Gasteiger partial charge in [0.2, 0.25) is 0 Å². The average molecular weight is 431 g/mol. The van der Waals surface area contributed by atoms with Gasteiger partial charge in [-0.2, -0.15) is 0 Å². The molecule has 3 aromatic rings. The Hall–Kier alpha value is -3.28. The predicted octanol–water partition coefficient (Wildman–Crippen LogP) is 4.89. The second kappa shape index (κ2) is 8.34. The molecule has 6 heteroatoms. The van der Waals surface area contributed by atoms with Crippen LogP contribution in [0.1, 0.15) is 54.0 Å². The fourth-order valence-corrected chi connectivity index (χ4v) is 4.97. The second-order valence-corrected chi connectivity index (χ2v) is 8.94. The van der Waals surface area contributed by atoms with E-state index in [0.717, 1.165) is 36.8 Å². The van der Waals surface area contributed by atoms with Gasteiger partial charge >= 0.3 is 0 Å². The number of anilines is 2. The van der Waals surface area contributed by atoms with Crippen molar-refractivity contribution in [2.24, 2.45) is 5.92 Å². The molecular formula is C26H30N4O2. The van der Waals surface area contributed by atoms with Gasteiger partial charge in [-0.3, -0.25) is 9.59 Å². The van der Waals surface area contributed by atoms with Crippen LogP contribution in [0.2, 0.25) is 0 Å². The number of hydrogen-bond donors (Lipinski definition) is 2. The molecule has 1 unspecified atom stereocenters. The quantitative estimate of drug-likeness (QED) is 0.566. The maximum absolute atomic E-state index is 13.7. The van der Waals surface area contributed by atoms with Gasteiger partial charge in [0.15, 0.2) is 5.78 Å². The SMILES string of the molecule is CCC(C)C(=O)c1[nH]c2ccccc2c1C(=O)N1CCC(N2CNc3ccccc32)CC1. The first kappa shape index (κ1) is 20.6. The van der Waals surface area contributed by atoms with E-state index in [4.69, 9.17) is 0 Å². The summed E-state index contributed by atoms with van der Waals surface area (Å²) < 4.78 is 0. The van der Waals surface area contributed by atoms with Crippen molar-refractivity contribution in [2.75, 3.05) is 30.0 Å². The fourth-order valence-electron chi connectivity index (χ4n) is 4.97. The Bertz CT molecular complexity index is 1160. The van der Waals surface area contributed by atoms with Crippen LogP contribution in [0, 0.1) is 5.92 Å². The minimum atomic E-state index is -0.122. The number of likely N-dealkylation sites (tertiary alicyclic amines) is 1. The van der Waals surface area contributed by atoms with E-state index in [2.05, 4.69) is 39.5 Å². The topological polar surface area (TPSA) is 68.4 Å². The maximum atomic E-state index is 13.7. The maximum Gasteiger partial charge on any atom is 0.256 e. The van der Waals surface area contributed by atoms with Gasteiger partial charge in [-0.05, 0) is 37.5 Å². The largest absolute Gasteiger partial charge is 0.366 e. The smallest absolute Gasteiger partial charge is 0.256 e. The van der Waals surface area contributed by atoms with Crippen molar-refractivity contribution in [1.82, 2.24) is 9.88 Å². The number of ketones is 1. The summed E-state index contributed by atoms with van der Waals surface area (Å²) in [4.78, 5) is 34.3. The van der Waals surface area contributed by atoms with Gasteiger partial charge in [0.05, 0.1) is 29.3 Å². The standard InChI is InChI=1S/C26H30N4O2/c1-3-17(2)25(31)24-23(19-8-4-5-9-20(19)28-24)26(32)29-14-12-18(13-15-29)30-16-27-21-10-6-7-11-22(21)30/h4-11,17-18,27-28H,3,12-16H2,1-2H3. The first-order valence-electron chi connectivity index (χ1n) is 11.6. The number of carbonyl (C=O) groups excluding carboxylic acids is 2. The van der Waals surface area contributed by atoms with Crippen LogP contribution in [0.4, 0.5) is 11.4 Å². The van der Waals surface area contributed by atoms with Gasteiger partial charge in [0.25, 0.3) is 5.91 Å². The number of fused-ring (bicyclic) bond motifs is 2. The van der Waals surface area contributed by atoms with Gasteiger partial charge in [-0.1, -0.05) is 44.2 Å². The monoisotopic (exact) mass is 430 g/mol. The summed E-state index contributed by atoms with van der Waals surface area (Å²) in [7, 11) is 0. The summed E-state index contributed by atoms with van der Waals surface area (Å²) in [6.07, 6.45) is 2.58. The van der Waals surface area contributed by atoms with Gasteiger partial charge < -0.3 is 20.1 Å². The summed E-state index contributed by atoms with van der Waals surface area (Å²) in [6, 6.07) is 16.5. The highest BCUT2D eigenvalue weighted by Crippen LogP contribution is 2.35. The molecule has 32 heavy (non-hydrogen) atoms. The highest BCUT2D eigenvalue weighted by molar-refractivity contribution is 6.16. The highest BCUT2D eigenvalue weighted by atomic mass is 16.2. The van der Waals surface area contributed by atoms with Crippen LogP contribution in [0.25, 0.3) is 10.9 Å². The summed E-state index contributed by atoms with van der Waals surface area (Å²) in [5.41, 5.74) is 4.27. The van der Waals surface area contributed by atoms with Crippen molar-refractivity contribution in [1.29, 1.82) is 0 Å². The van der Waals surface area contributed by atoms with Crippen molar-refractivity contribution < 1.29 is 9.59 Å². The van der Waals surface area contributed by atoms with E-state index in [1.807, 2.05) is 43.0 Å². The van der Waals surface area contributed by atoms with E-state index in [-0.39, 0.29) is 17.6 Å². The molecule has 1 aromatic heterocycles. The molecule has 1 amide bonds. The third-order valence-electron chi connectivity index (χ3n) is 7.07. The number of nitrogens with one attached hydrogen (secondary N) is 2. The van der Waals surface area contributed by atoms with Crippen LogP contribution in [0.15, 0.2) is 48.5 Å². The number of rotatable bonds is 5. The first-order chi connectivity index (χ1) is 15.6. The Kier molecular flexibility index (Phi) is 5.37. The van der Waals surface area contributed by atoms with Gasteiger partial charge in [-0.25, -0.2) is 0 Å². The summed E-state index contributed by atoms with van der Waals surface area (Å²) in [5, 5.41) is 4.30. The average Bonchev–Trinajstić information content (AvgIpc) is 3.44. The third kappa shape index (κ3) is 3.44. The number of aromatic nitrogens is 1. The Labute approximate surface area is 188 Å². The van der Waals surface area contributed by atoms with E-state index in [9.17, 15) is 9.59 Å². The number of nitrogens with zero attached hydrogens (tertiary/aromatic N) is 2. The zero-order valence-corrected chi connectivity index (χ0v) is 18.7. The van der Waals surface area contributed by atoms with Crippen LogP contribution < -0.4 is 10.2 Å². The Morgan fingerprint density at radius 1 is 1.06 bits per heavy atom. The first-order valence-corrected chi connectivity index (χ1v) is 11.6. The van der Waals surface area contributed by atoms with Gasteiger partial charge in [-0.15, -0.1) is 0 Å². The molecule has 0 bridgehead atoms. The van der Waals surface area contributed by atoms with Crippen molar-refractivity contribution in [2.45, 2.75) is 39.2 Å². The number of amides is 1. The van der Waals surface area contributed by atoms with E-state index < -0.39 is 0 Å². The number of carbonyl (C=O) groups is 2. The van der Waals surface area contributed by atoms with Crippen LogP contribution in [0.5, 0.6) is 0 Å². The van der Waals surface area contributed by atoms with E-state index in [1.54, 1.807) is 0 Å². The molecule has 166 valence electrons. The molecule has 1 fully saturated rings. The lowest BCUT2D eigenvalue weighted by atomic mass is 9.96. The lowest BCUT2D eigenvalue weighted by molar-refractivity contribution is 0.0708. The second-order valence-electron chi connectivity index (χ2n) is 8.94. The number of piperidine rings is 1. The molecule has 5 rings (SSSR count). The van der Waals surface area contributed by atoms with Crippen molar-refractivity contribution >= 4 is 34.0 Å². The minimum Gasteiger partial charge on any atom is -0.366 e. The van der Waals surface area contributed by atoms with Crippen molar-refractivity contribution in [3.05, 3.63) is 59.8 Å². The minimum absolute atomic E-state index is 0.0154. The van der Waals surface area contributed by atoms with E-state index >= 15 is 0 Å². The van der Waals surface area contributed by atoms with E-state index in [0.29, 0.717) is 30.4 Å². The van der Waals surface area contributed by atoms with E-state index in [1.165, 1.54) is 11.4 Å². The summed E-state index contributed by atoms with van der Waals surface area (Å²) in [5.74, 6) is -0.141. The molecule has 3 heterocycles. The van der Waals surface area contributed by atoms with Crippen LogP contribution >= 0.6 is 0 Å². The molecule has 2 aliphatic heterocycles. The lowest BCUT2D eigenvalue weighted by Gasteiger charge is -2.37. The number of Topliss-reactive ketones (excluding diaryl/α,β-unsaturated/α-hetero) is 1. The highest BCUT2D eigenvalue weighted by Gasteiger charge is 2.33. The molecule has 6 nitrogen and oxygen atoms in total. The Morgan fingerprint density at radius 2 is 1.78 bits per heavy atom. The summed E-state index contributed by atoms with van der Waals surface area (Å²) in [6.45, 7) is 6.13. The zero-order chi connectivity index (χ0) is 22.2. The fraction of sp³-hybridized carbons (Fsp3) is 0.385. The van der Waals surface area contributed by atoms with Gasteiger partial charge in [0.1, 0.15) is 0 Å². The number of H-pyrrole nitrogens is 1. The normalized spacial score (nSPS) is 17.3. The molecule has 0 radical (unpaired) electrons. The number of benzene rings is 2. The number of para-hydroxylation sites is 3. The summed E-state index contributed by atoms with van der Waals surface area (Å²) >= 11 is 0. The van der Waals surface area contributed by atoms with Crippen LogP contribution in [-0.2, 0) is 0 Å². The Balaban J connectivity index is 1.37. The van der Waals surface area contributed by atoms with Crippen molar-refractivity contribution in [3.63, 3.8) is 0 Å². The molecule has 1 atom stereocenters. The molecular weight excluding hydrogens is 400 g/mol. The third-order valence-corrected chi connectivity index (χ3v) is 7.07. The Morgan fingerprint density at radius 3 is 2.56 bits per heavy atom.